The standard InChI is InChI=1S/C27H44N2O3/c1-2-3-4-5-6-7-8-9-10-11-12-13-14-15-19-22-26(31)29-25(23-30)27(32)28-24-20-17-16-18-21-24/h9-10,16-18,20-21,25,30H,2-8,11-15,19,22-23H2,1H3,(H,28,32)(H,29,31)/b10-9-/t25-/m0/s1. The zero-order chi connectivity index (χ0) is 23.3. The molecule has 5 nitrogen and oxygen atoms in total. The summed E-state index contributed by atoms with van der Waals surface area (Å²) in [5.41, 5.74) is 0.641. The number of hydrogen-bond acceptors (Lipinski definition) is 3. The third kappa shape index (κ3) is 14.8. The number of hydrogen-bond donors (Lipinski definition) is 3. The Kier molecular flexibility index (Phi) is 17.0. The molecular formula is C27H44N2O3. The van der Waals surface area contributed by atoms with Crippen molar-refractivity contribution < 1.29 is 14.7 Å². The van der Waals surface area contributed by atoms with Gasteiger partial charge in [0, 0.05) is 12.1 Å². The zero-order valence-corrected chi connectivity index (χ0v) is 20.0. The molecule has 0 spiro atoms. The second kappa shape index (κ2) is 19.5. The largest absolute Gasteiger partial charge is 0.394 e. The Balaban J connectivity index is 2.00. The molecule has 0 aliphatic rings. The van der Waals surface area contributed by atoms with Crippen LogP contribution in [-0.4, -0.2) is 29.6 Å². The third-order valence-corrected chi connectivity index (χ3v) is 5.54. The van der Waals surface area contributed by atoms with Gasteiger partial charge in [-0.25, -0.2) is 0 Å². The van der Waals surface area contributed by atoms with Crippen LogP contribution in [0.3, 0.4) is 0 Å². The van der Waals surface area contributed by atoms with Crippen LogP contribution < -0.4 is 10.6 Å². The Hall–Kier alpha value is -2.14. The molecule has 0 saturated heterocycles. The number of carbonyl (C=O) groups is 2. The summed E-state index contributed by atoms with van der Waals surface area (Å²) in [5, 5.41) is 14.8. The summed E-state index contributed by atoms with van der Waals surface area (Å²) in [7, 11) is 0. The molecule has 0 heterocycles. The summed E-state index contributed by atoms with van der Waals surface area (Å²) in [6.45, 7) is 1.83. The number of allylic oxidation sites excluding steroid dienone is 2. The van der Waals surface area contributed by atoms with Gasteiger partial charge in [-0.2, -0.15) is 0 Å². The SMILES string of the molecule is CCCCCCCC/C=C\CCCCCCCC(=O)N[C@@H](CO)C(=O)Nc1ccccc1. The van der Waals surface area contributed by atoms with Gasteiger partial charge >= 0.3 is 0 Å². The van der Waals surface area contributed by atoms with Gasteiger partial charge in [0.25, 0.3) is 0 Å². The number of aliphatic hydroxyl groups is 1. The molecule has 5 heteroatoms. The van der Waals surface area contributed by atoms with Gasteiger partial charge in [0.05, 0.1) is 6.61 Å². The maximum atomic E-state index is 12.2. The first-order chi connectivity index (χ1) is 15.7. The van der Waals surface area contributed by atoms with Crippen molar-refractivity contribution in [1.29, 1.82) is 0 Å². The van der Waals surface area contributed by atoms with Crippen molar-refractivity contribution >= 4 is 17.5 Å². The number of carbonyl (C=O) groups excluding carboxylic acids is 2. The lowest BCUT2D eigenvalue weighted by Gasteiger charge is -2.16. The molecule has 180 valence electrons. The van der Waals surface area contributed by atoms with Crippen molar-refractivity contribution in [2.24, 2.45) is 0 Å². The summed E-state index contributed by atoms with van der Waals surface area (Å²) < 4.78 is 0. The van der Waals surface area contributed by atoms with Gasteiger partial charge in [-0.3, -0.25) is 9.59 Å². The highest BCUT2D eigenvalue weighted by atomic mass is 16.3. The van der Waals surface area contributed by atoms with Crippen LogP contribution in [0.5, 0.6) is 0 Å². The van der Waals surface area contributed by atoms with E-state index in [2.05, 4.69) is 29.7 Å². The number of aliphatic hydroxyl groups excluding tert-OH is 1. The van der Waals surface area contributed by atoms with E-state index < -0.39 is 18.6 Å². The molecule has 0 bridgehead atoms. The summed E-state index contributed by atoms with van der Waals surface area (Å²) in [5.74, 6) is -0.596. The molecule has 0 aromatic heterocycles. The van der Waals surface area contributed by atoms with Gasteiger partial charge in [-0.15, -0.1) is 0 Å². The van der Waals surface area contributed by atoms with Gasteiger partial charge in [0.1, 0.15) is 6.04 Å². The molecule has 0 fully saturated rings. The van der Waals surface area contributed by atoms with E-state index in [0.717, 1.165) is 25.7 Å². The molecule has 1 rings (SSSR count). The third-order valence-electron chi connectivity index (χ3n) is 5.54. The van der Waals surface area contributed by atoms with E-state index in [-0.39, 0.29) is 5.91 Å². The topological polar surface area (TPSA) is 78.4 Å². The molecule has 1 aromatic rings. The fraction of sp³-hybridized carbons (Fsp3) is 0.630. The predicted molar refractivity (Wildman–Crippen MR) is 134 cm³/mol. The smallest absolute Gasteiger partial charge is 0.249 e. The average molecular weight is 445 g/mol. The minimum absolute atomic E-state index is 0.190. The highest BCUT2D eigenvalue weighted by Crippen LogP contribution is 2.10. The number of rotatable bonds is 19. The summed E-state index contributed by atoms with van der Waals surface area (Å²) in [6.07, 6.45) is 20.8. The van der Waals surface area contributed by atoms with Crippen molar-refractivity contribution in [3.63, 3.8) is 0 Å². The Bertz CT molecular complexity index is 631. The Labute approximate surface area is 195 Å². The Morgan fingerprint density at radius 3 is 2.00 bits per heavy atom. The number of nitrogens with one attached hydrogen (secondary N) is 2. The van der Waals surface area contributed by atoms with Gasteiger partial charge in [0.2, 0.25) is 11.8 Å². The molecule has 0 aliphatic carbocycles. The zero-order valence-electron chi connectivity index (χ0n) is 20.0. The van der Waals surface area contributed by atoms with Crippen LogP contribution in [0.4, 0.5) is 5.69 Å². The van der Waals surface area contributed by atoms with Crippen LogP contribution in [-0.2, 0) is 9.59 Å². The first-order valence-electron chi connectivity index (χ1n) is 12.6. The fourth-order valence-electron chi connectivity index (χ4n) is 3.57. The lowest BCUT2D eigenvalue weighted by atomic mass is 10.1. The summed E-state index contributed by atoms with van der Waals surface area (Å²) >= 11 is 0. The highest BCUT2D eigenvalue weighted by molar-refractivity contribution is 5.97. The number of benzene rings is 1. The van der Waals surface area contributed by atoms with E-state index >= 15 is 0 Å². The Morgan fingerprint density at radius 2 is 1.41 bits per heavy atom. The molecule has 0 unspecified atom stereocenters. The van der Waals surface area contributed by atoms with E-state index in [1.54, 1.807) is 12.1 Å². The van der Waals surface area contributed by atoms with Crippen LogP contribution in [0.2, 0.25) is 0 Å². The number of amides is 2. The lowest BCUT2D eigenvalue weighted by Crippen LogP contribution is -2.46. The molecule has 3 N–H and O–H groups in total. The van der Waals surface area contributed by atoms with Crippen molar-refractivity contribution in [2.75, 3.05) is 11.9 Å². The monoisotopic (exact) mass is 444 g/mol. The van der Waals surface area contributed by atoms with Crippen molar-refractivity contribution in [2.45, 2.75) is 103 Å². The maximum Gasteiger partial charge on any atom is 0.249 e. The fourth-order valence-corrected chi connectivity index (χ4v) is 3.57. The van der Waals surface area contributed by atoms with E-state index in [1.807, 2.05) is 18.2 Å². The van der Waals surface area contributed by atoms with Gasteiger partial charge in [-0.1, -0.05) is 88.6 Å². The van der Waals surface area contributed by atoms with Crippen molar-refractivity contribution in [3.8, 4) is 0 Å². The van der Waals surface area contributed by atoms with Crippen molar-refractivity contribution in [1.82, 2.24) is 5.32 Å². The summed E-state index contributed by atoms with van der Waals surface area (Å²) in [4.78, 5) is 24.3. The normalized spacial score (nSPS) is 12.1. The van der Waals surface area contributed by atoms with E-state index in [4.69, 9.17) is 0 Å². The van der Waals surface area contributed by atoms with Crippen LogP contribution in [0.1, 0.15) is 96.8 Å². The van der Waals surface area contributed by atoms with Gasteiger partial charge in [-0.05, 0) is 44.2 Å². The van der Waals surface area contributed by atoms with Crippen LogP contribution in [0.15, 0.2) is 42.5 Å². The summed E-state index contributed by atoms with van der Waals surface area (Å²) in [6, 6.07) is 8.09. The van der Waals surface area contributed by atoms with Crippen molar-refractivity contribution in [3.05, 3.63) is 42.5 Å². The van der Waals surface area contributed by atoms with Gasteiger partial charge in [0.15, 0.2) is 0 Å². The highest BCUT2D eigenvalue weighted by Gasteiger charge is 2.19. The Morgan fingerprint density at radius 1 is 0.844 bits per heavy atom. The molecule has 32 heavy (non-hydrogen) atoms. The first-order valence-corrected chi connectivity index (χ1v) is 12.6. The second-order valence-electron chi connectivity index (χ2n) is 8.49. The van der Waals surface area contributed by atoms with E-state index in [9.17, 15) is 14.7 Å². The number of unbranched alkanes of at least 4 members (excludes halogenated alkanes) is 11. The van der Waals surface area contributed by atoms with Crippen LogP contribution >= 0.6 is 0 Å². The average Bonchev–Trinajstić information content (AvgIpc) is 2.80. The molecule has 2 amide bonds. The molecule has 1 aromatic carbocycles. The molecular weight excluding hydrogens is 400 g/mol. The van der Waals surface area contributed by atoms with E-state index in [0.29, 0.717) is 12.1 Å². The molecule has 1 atom stereocenters. The molecule has 0 saturated carbocycles. The maximum absolute atomic E-state index is 12.2. The number of para-hydroxylation sites is 1. The lowest BCUT2D eigenvalue weighted by molar-refractivity contribution is -0.127. The van der Waals surface area contributed by atoms with Crippen LogP contribution in [0.25, 0.3) is 0 Å². The molecule has 0 radical (unpaired) electrons. The quantitative estimate of drug-likeness (QED) is 0.177. The van der Waals surface area contributed by atoms with Gasteiger partial charge < -0.3 is 15.7 Å². The molecule has 0 aliphatic heterocycles. The first kappa shape index (κ1) is 27.9. The minimum atomic E-state index is -0.925. The number of anilines is 1. The predicted octanol–water partition coefficient (Wildman–Crippen LogP) is 6.14. The second-order valence-corrected chi connectivity index (χ2v) is 8.49. The minimum Gasteiger partial charge on any atom is -0.394 e. The van der Waals surface area contributed by atoms with Crippen LogP contribution in [0, 0.1) is 0 Å². The van der Waals surface area contributed by atoms with E-state index in [1.165, 1.54) is 57.8 Å².